The number of rotatable bonds is 8. The molecule has 2 aliphatic rings. The zero-order valence-electron chi connectivity index (χ0n) is 11.9. The topological polar surface area (TPSA) is 33.7 Å². The summed E-state index contributed by atoms with van der Waals surface area (Å²) >= 11 is 0. The van der Waals surface area contributed by atoms with Gasteiger partial charge in [-0.15, -0.1) is 0 Å². The fraction of sp³-hybridized carbons (Fsp3) is 1.00. The van der Waals surface area contributed by atoms with E-state index in [0.717, 1.165) is 44.7 Å². The number of ether oxygens (including phenoxy) is 2. The lowest BCUT2D eigenvalue weighted by atomic mass is 9.94. The van der Waals surface area contributed by atoms with E-state index in [-0.39, 0.29) is 0 Å². The molecule has 0 aromatic heterocycles. The van der Waals surface area contributed by atoms with E-state index in [1.807, 2.05) is 0 Å². The second-order valence-electron chi connectivity index (χ2n) is 5.66. The maximum Gasteiger partial charge on any atom is 0.0589 e. The van der Waals surface area contributed by atoms with Crippen LogP contribution in [0.15, 0.2) is 0 Å². The van der Waals surface area contributed by atoms with Gasteiger partial charge in [-0.1, -0.05) is 6.42 Å². The molecule has 0 bridgehead atoms. The van der Waals surface area contributed by atoms with Crippen molar-refractivity contribution in [1.82, 2.24) is 10.2 Å². The molecule has 2 fully saturated rings. The monoisotopic (exact) mass is 256 g/mol. The van der Waals surface area contributed by atoms with Crippen molar-refractivity contribution in [3.63, 3.8) is 0 Å². The molecule has 1 aliphatic heterocycles. The molecule has 1 saturated heterocycles. The van der Waals surface area contributed by atoms with Gasteiger partial charge in [-0.3, -0.25) is 4.90 Å². The minimum atomic E-state index is 0.686. The molecule has 4 nitrogen and oxygen atoms in total. The molecule has 0 radical (unpaired) electrons. The third kappa shape index (κ3) is 3.67. The summed E-state index contributed by atoms with van der Waals surface area (Å²) in [5, 5.41) is 3.72. The number of methoxy groups -OCH3 is 2. The van der Waals surface area contributed by atoms with Crippen LogP contribution >= 0.6 is 0 Å². The Labute approximate surface area is 111 Å². The summed E-state index contributed by atoms with van der Waals surface area (Å²) in [5.74, 6) is 1.86. The Bertz CT molecular complexity index is 230. The molecular formula is C14H28N2O2. The van der Waals surface area contributed by atoms with Gasteiger partial charge < -0.3 is 14.8 Å². The maximum atomic E-state index is 5.20. The molecule has 1 saturated carbocycles. The third-order valence-corrected chi connectivity index (χ3v) is 4.56. The standard InChI is InChI=1S/C14H28N2O2/c1-17-8-6-16(7-9-18-2)11-14-13-5-3-4-12(13)10-15-14/h12-15H,3-11H2,1-2H3. The van der Waals surface area contributed by atoms with E-state index in [0.29, 0.717) is 6.04 Å². The lowest BCUT2D eigenvalue weighted by molar-refractivity contribution is 0.105. The number of fused-ring (bicyclic) bond motifs is 1. The zero-order chi connectivity index (χ0) is 12.8. The van der Waals surface area contributed by atoms with Crippen LogP contribution in [0.1, 0.15) is 19.3 Å². The summed E-state index contributed by atoms with van der Waals surface area (Å²) in [4.78, 5) is 2.48. The van der Waals surface area contributed by atoms with Crippen molar-refractivity contribution in [3.8, 4) is 0 Å². The summed E-state index contributed by atoms with van der Waals surface area (Å²) < 4.78 is 10.4. The molecule has 2 rings (SSSR count). The summed E-state index contributed by atoms with van der Waals surface area (Å²) in [5.41, 5.74) is 0. The zero-order valence-corrected chi connectivity index (χ0v) is 11.9. The Morgan fingerprint density at radius 2 is 1.83 bits per heavy atom. The quantitative estimate of drug-likeness (QED) is 0.702. The van der Waals surface area contributed by atoms with Crippen molar-refractivity contribution in [1.29, 1.82) is 0 Å². The fourth-order valence-electron chi connectivity index (χ4n) is 3.52. The SMILES string of the molecule is COCCN(CCOC)CC1NCC2CCCC21. The van der Waals surface area contributed by atoms with Crippen molar-refractivity contribution < 1.29 is 9.47 Å². The molecule has 4 heteroatoms. The van der Waals surface area contributed by atoms with E-state index in [1.54, 1.807) is 14.2 Å². The maximum absolute atomic E-state index is 5.20. The molecule has 0 amide bonds. The van der Waals surface area contributed by atoms with Crippen molar-refractivity contribution in [2.75, 3.05) is 53.6 Å². The normalized spacial score (nSPS) is 31.2. The van der Waals surface area contributed by atoms with Gasteiger partial charge in [-0.2, -0.15) is 0 Å². The average Bonchev–Trinajstić information content (AvgIpc) is 2.97. The van der Waals surface area contributed by atoms with Crippen LogP contribution < -0.4 is 5.32 Å². The fourth-order valence-corrected chi connectivity index (χ4v) is 3.52. The molecule has 0 aromatic carbocycles. The van der Waals surface area contributed by atoms with Gasteiger partial charge in [-0.25, -0.2) is 0 Å². The van der Waals surface area contributed by atoms with Gasteiger partial charge in [0.05, 0.1) is 13.2 Å². The summed E-state index contributed by atoms with van der Waals surface area (Å²) in [6, 6.07) is 0.686. The highest BCUT2D eigenvalue weighted by Gasteiger charge is 2.39. The summed E-state index contributed by atoms with van der Waals surface area (Å²) in [6.45, 7) is 6.02. The lowest BCUT2D eigenvalue weighted by Crippen LogP contribution is -2.43. The van der Waals surface area contributed by atoms with Gasteiger partial charge in [0.2, 0.25) is 0 Å². The van der Waals surface area contributed by atoms with Crippen LogP contribution in [-0.2, 0) is 9.47 Å². The van der Waals surface area contributed by atoms with Crippen molar-refractivity contribution in [3.05, 3.63) is 0 Å². The van der Waals surface area contributed by atoms with Crippen LogP contribution in [-0.4, -0.2) is 64.6 Å². The number of hydrogen-bond acceptors (Lipinski definition) is 4. The third-order valence-electron chi connectivity index (χ3n) is 4.56. The largest absolute Gasteiger partial charge is 0.383 e. The first-order valence-corrected chi connectivity index (χ1v) is 7.28. The first-order chi connectivity index (χ1) is 8.85. The van der Waals surface area contributed by atoms with Crippen molar-refractivity contribution in [2.24, 2.45) is 11.8 Å². The number of nitrogens with zero attached hydrogens (tertiary/aromatic N) is 1. The predicted molar refractivity (Wildman–Crippen MR) is 72.8 cm³/mol. The summed E-state index contributed by atoms with van der Waals surface area (Å²) in [7, 11) is 3.55. The predicted octanol–water partition coefficient (Wildman–Crippen LogP) is 0.969. The molecule has 3 unspecified atom stereocenters. The molecule has 18 heavy (non-hydrogen) atoms. The van der Waals surface area contributed by atoms with E-state index >= 15 is 0 Å². The van der Waals surface area contributed by atoms with Crippen molar-refractivity contribution in [2.45, 2.75) is 25.3 Å². The van der Waals surface area contributed by atoms with Crippen LogP contribution in [0, 0.1) is 11.8 Å². The van der Waals surface area contributed by atoms with Crippen LogP contribution in [0.25, 0.3) is 0 Å². The van der Waals surface area contributed by atoms with Crippen LogP contribution in [0.2, 0.25) is 0 Å². The van der Waals surface area contributed by atoms with E-state index in [1.165, 1.54) is 25.8 Å². The molecule has 0 spiro atoms. The van der Waals surface area contributed by atoms with Gasteiger partial charge in [0.25, 0.3) is 0 Å². The molecule has 1 N–H and O–H groups in total. The van der Waals surface area contributed by atoms with E-state index < -0.39 is 0 Å². The van der Waals surface area contributed by atoms with Crippen LogP contribution in [0.4, 0.5) is 0 Å². The number of hydrogen-bond donors (Lipinski definition) is 1. The molecule has 0 aromatic rings. The first-order valence-electron chi connectivity index (χ1n) is 7.28. The molecule has 1 aliphatic carbocycles. The van der Waals surface area contributed by atoms with Gasteiger partial charge in [0, 0.05) is 39.9 Å². The van der Waals surface area contributed by atoms with Gasteiger partial charge in [-0.05, 0) is 31.2 Å². The number of nitrogens with one attached hydrogen (secondary N) is 1. The second kappa shape index (κ2) is 7.43. The molecule has 1 heterocycles. The summed E-state index contributed by atoms with van der Waals surface area (Å²) in [6.07, 6.45) is 4.29. The van der Waals surface area contributed by atoms with Gasteiger partial charge in [0.15, 0.2) is 0 Å². The highest BCUT2D eigenvalue weighted by atomic mass is 16.5. The van der Waals surface area contributed by atoms with Crippen LogP contribution in [0.5, 0.6) is 0 Å². The van der Waals surface area contributed by atoms with Crippen LogP contribution in [0.3, 0.4) is 0 Å². The Morgan fingerprint density at radius 1 is 1.11 bits per heavy atom. The smallest absolute Gasteiger partial charge is 0.0589 e. The van der Waals surface area contributed by atoms with E-state index in [2.05, 4.69) is 10.2 Å². The molecule has 106 valence electrons. The lowest BCUT2D eigenvalue weighted by Gasteiger charge is -2.28. The Morgan fingerprint density at radius 3 is 2.50 bits per heavy atom. The highest BCUT2D eigenvalue weighted by molar-refractivity contribution is 4.95. The van der Waals surface area contributed by atoms with Crippen molar-refractivity contribution >= 4 is 0 Å². The van der Waals surface area contributed by atoms with E-state index in [9.17, 15) is 0 Å². The minimum absolute atomic E-state index is 0.686. The highest BCUT2D eigenvalue weighted by Crippen LogP contribution is 2.37. The van der Waals surface area contributed by atoms with E-state index in [4.69, 9.17) is 9.47 Å². The average molecular weight is 256 g/mol. The minimum Gasteiger partial charge on any atom is -0.383 e. The first kappa shape index (κ1) is 14.3. The Hall–Kier alpha value is -0.160. The van der Waals surface area contributed by atoms with Gasteiger partial charge in [0.1, 0.15) is 0 Å². The van der Waals surface area contributed by atoms with Gasteiger partial charge >= 0.3 is 0 Å². The molecular weight excluding hydrogens is 228 g/mol. The Kier molecular flexibility index (Phi) is 5.89. The molecule has 3 atom stereocenters. The second-order valence-corrected chi connectivity index (χ2v) is 5.66. The Balaban J connectivity index is 1.79.